The molecule has 0 bridgehead atoms. The van der Waals surface area contributed by atoms with Gasteiger partial charge in [-0.2, -0.15) is 0 Å². The van der Waals surface area contributed by atoms with E-state index in [1.807, 2.05) is 0 Å². The highest BCUT2D eigenvalue weighted by molar-refractivity contribution is 9.10. The highest BCUT2D eigenvalue weighted by atomic mass is 79.9. The first-order chi connectivity index (χ1) is 7.17. The van der Waals surface area contributed by atoms with Gasteiger partial charge in [0.05, 0.1) is 0 Å². The average molecular weight is 295 g/mol. The van der Waals surface area contributed by atoms with Gasteiger partial charge in [0.2, 0.25) is 0 Å². The first-order valence-corrected chi connectivity index (χ1v) is 6.23. The van der Waals surface area contributed by atoms with Gasteiger partial charge in [0.1, 0.15) is 5.82 Å². The van der Waals surface area contributed by atoms with Crippen molar-refractivity contribution in [3.05, 3.63) is 34.1 Å². The first-order valence-electron chi connectivity index (χ1n) is 4.90. The fraction of sp³-hybridized carbons (Fsp3) is 0.455. The lowest BCUT2D eigenvalue weighted by Crippen LogP contribution is -2.29. The molecule has 0 aliphatic rings. The number of benzene rings is 1. The van der Waals surface area contributed by atoms with Crippen LogP contribution in [-0.2, 0) is 6.54 Å². The maximum absolute atomic E-state index is 12.8. The van der Waals surface area contributed by atoms with Crippen LogP contribution in [0.3, 0.4) is 0 Å². The van der Waals surface area contributed by atoms with Crippen LogP contribution >= 0.6 is 27.5 Å². The molecule has 0 fully saturated rings. The van der Waals surface area contributed by atoms with Crippen LogP contribution in [-0.4, -0.2) is 11.9 Å². The molecule has 1 atom stereocenters. The van der Waals surface area contributed by atoms with E-state index in [1.165, 1.54) is 12.1 Å². The van der Waals surface area contributed by atoms with Crippen LogP contribution in [0.5, 0.6) is 0 Å². The molecule has 0 spiro atoms. The van der Waals surface area contributed by atoms with Crippen LogP contribution in [0.25, 0.3) is 0 Å². The molecule has 1 aromatic carbocycles. The van der Waals surface area contributed by atoms with E-state index in [4.69, 9.17) is 11.6 Å². The van der Waals surface area contributed by atoms with Gasteiger partial charge in [-0.1, -0.05) is 28.9 Å². The molecular weight excluding hydrogens is 280 g/mol. The van der Waals surface area contributed by atoms with Crippen molar-refractivity contribution in [2.45, 2.75) is 25.9 Å². The molecule has 1 unspecified atom stereocenters. The number of rotatable bonds is 5. The fourth-order valence-corrected chi connectivity index (χ4v) is 2.05. The molecule has 0 aromatic heterocycles. The molecule has 1 aromatic rings. The van der Waals surface area contributed by atoms with E-state index in [9.17, 15) is 4.39 Å². The highest BCUT2D eigenvalue weighted by Crippen LogP contribution is 2.18. The molecule has 1 nitrogen and oxygen atoms in total. The Kier molecular flexibility index (Phi) is 5.58. The van der Waals surface area contributed by atoms with Crippen molar-refractivity contribution in [3.8, 4) is 0 Å². The zero-order valence-electron chi connectivity index (χ0n) is 8.56. The predicted octanol–water partition coefficient (Wildman–Crippen LogP) is 3.70. The molecule has 1 rings (SSSR count). The van der Waals surface area contributed by atoms with Crippen molar-refractivity contribution in [2.75, 3.05) is 5.88 Å². The Morgan fingerprint density at radius 2 is 2.27 bits per heavy atom. The molecule has 0 heterocycles. The van der Waals surface area contributed by atoms with E-state index in [0.29, 0.717) is 18.5 Å². The van der Waals surface area contributed by atoms with Crippen LogP contribution in [0.15, 0.2) is 22.7 Å². The van der Waals surface area contributed by atoms with Crippen molar-refractivity contribution >= 4 is 27.5 Å². The van der Waals surface area contributed by atoms with E-state index in [1.54, 1.807) is 6.07 Å². The van der Waals surface area contributed by atoms with Crippen LogP contribution in [0.2, 0.25) is 0 Å². The van der Waals surface area contributed by atoms with Crippen molar-refractivity contribution in [1.29, 1.82) is 0 Å². The van der Waals surface area contributed by atoms with Gasteiger partial charge in [0, 0.05) is 22.9 Å². The summed E-state index contributed by atoms with van der Waals surface area (Å²) in [5.41, 5.74) is 1.04. The van der Waals surface area contributed by atoms with Crippen LogP contribution in [0.4, 0.5) is 4.39 Å². The second kappa shape index (κ2) is 6.46. The lowest BCUT2D eigenvalue weighted by molar-refractivity contribution is 0.537. The molecule has 0 saturated carbocycles. The average Bonchev–Trinajstić information content (AvgIpc) is 2.22. The zero-order chi connectivity index (χ0) is 11.3. The quantitative estimate of drug-likeness (QED) is 0.817. The molecule has 15 heavy (non-hydrogen) atoms. The van der Waals surface area contributed by atoms with E-state index in [0.717, 1.165) is 16.5 Å². The summed E-state index contributed by atoms with van der Waals surface area (Å²) in [6.45, 7) is 2.78. The predicted molar refractivity (Wildman–Crippen MR) is 65.7 cm³/mol. The Balaban J connectivity index is 2.57. The third kappa shape index (κ3) is 4.09. The third-order valence-electron chi connectivity index (χ3n) is 2.28. The monoisotopic (exact) mass is 293 g/mol. The fourth-order valence-electron chi connectivity index (χ4n) is 1.23. The second-order valence-corrected chi connectivity index (χ2v) is 4.54. The Morgan fingerprint density at radius 3 is 2.80 bits per heavy atom. The lowest BCUT2D eigenvalue weighted by Gasteiger charge is -2.14. The summed E-state index contributed by atoms with van der Waals surface area (Å²) < 4.78 is 13.6. The minimum atomic E-state index is -0.227. The summed E-state index contributed by atoms with van der Waals surface area (Å²) in [7, 11) is 0. The van der Waals surface area contributed by atoms with Crippen LogP contribution in [0.1, 0.15) is 18.9 Å². The van der Waals surface area contributed by atoms with E-state index in [-0.39, 0.29) is 5.82 Å². The molecule has 0 aliphatic heterocycles. The Hall–Kier alpha value is -0.120. The number of nitrogens with one attached hydrogen (secondary N) is 1. The van der Waals surface area contributed by atoms with Crippen LogP contribution in [0, 0.1) is 5.82 Å². The Bertz CT molecular complexity index is 315. The number of halogens is 3. The summed E-state index contributed by atoms with van der Waals surface area (Å²) in [4.78, 5) is 0. The summed E-state index contributed by atoms with van der Waals surface area (Å²) in [6, 6.07) is 5.01. The molecule has 1 N–H and O–H groups in total. The molecule has 84 valence electrons. The second-order valence-electron chi connectivity index (χ2n) is 3.38. The minimum Gasteiger partial charge on any atom is -0.309 e. The molecular formula is C11H14BrClFN. The third-order valence-corrected chi connectivity index (χ3v) is 3.39. The SMILES string of the molecule is CCC(CCl)NCc1ccc(F)cc1Br. The Labute approximate surface area is 103 Å². The summed E-state index contributed by atoms with van der Waals surface area (Å²) in [5, 5.41) is 3.31. The van der Waals surface area contributed by atoms with Crippen molar-refractivity contribution in [2.24, 2.45) is 0 Å². The van der Waals surface area contributed by atoms with Crippen LogP contribution < -0.4 is 5.32 Å². The summed E-state index contributed by atoms with van der Waals surface area (Å²) in [5.74, 6) is 0.366. The van der Waals surface area contributed by atoms with E-state index < -0.39 is 0 Å². The highest BCUT2D eigenvalue weighted by Gasteiger charge is 2.05. The van der Waals surface area contributed by atoms with Gasteiger partial charge in [0.25, 0.3) is 0 Å². The van der Waals surface area contributed by atoms with Gasteiger partial charge < -0.3 is 5.32 Å². The molecule has 0 radical (unpaired) electrons. The summed E-state index contributed by atoms with van der Waals surface area (Å²) >= 11 is 9.09. The zero-order valence-corrected chi connectivity index (χ0v) is 10.9. The number of alkyl halides is 1. The van der Waals surface area contributed by atoms with Crippen molar-refractivity contribution < 1.29 is 4.39 Å². The van der Waals surface area contributed by atoms with Gasteiger partial charge in [0.15, 0.2) is 0 Å². The van der Waals surface area contributed by atoms with E-state index in [2.05, 4.69) is 28.2 Å². The Morgan fingerprint density at radius 1 is 1.53 bits per heavy atom. The normalized spacial score (nSPS) is 12.8. The number of hydrogen-bond donors (Lipinski definition) is 1. The standard InChI is InChI=1S/C11H14BrClFN/c1-2-10(6-13)15-7-8-3-4-9(14)5-11(8)12/h3-5,10,15H,2,6-7H2,1H3. The van der Waals surface area contributed by atoms with Crippen molar-refractivity contribution in [3.63, 3.8) is 0 Å². The van der Waals surface area contributed by atoms with Gasteiger partial charge in [-0.25, -0.2) is 4.39 Å². The first kappa shape index (κ1) is 12.9. The van der Waals surface area contributed by atoms with E-state index >= 15 is 0 Å². The molecule has 4 heteroatoms. The van der Waals surface area contributed by atoms with Gasteiger partial charge in [-0.15, -0.1) is 11.6 Å². The summed E-state index contributed by atoms with van der Waals surface area (Å²) in [6.07, 6.45) is 0.988. The lowest BCUT2D eigenvalue weighted by atomic mass is 10.2. The minimum absolute atomic E-state index is 0.227. The van der Waals surface area contributed by atoms with Gasteiger partial charge >= 0.3 is 0 Å². The number of hydrogen-bond acceptors (Lipinski definition) is 1. The van der Waals surface area contributed by atoms with Crippen molar-refractivity contribution in [1.82, 2.24) is 5.32 Å². The molecule has 0 saturated heterocycles. The molecule has 0 aliphatic carbocycles. The molecule has 0 amide bonds. The largest absolute Gasteiger partial charge is 0.309 e. The van der Waals surface area contributed by atoms with Gasteiger partial charge in [-0.05, 0) is 24.1 Å². The topological polar surface area (TPSA) is 12.0 Å². The maximum Gasteiger partial charge on any atom is 0.124 e. The smallest absolute Gasteiger partial charge is 0.124 e. The maximum atomic E-state index is 12.8. The van der Waals surface area contributed by atoms with Gasteiger partial charge in [-0.3, -0.25) is 0 Å².